The Labute approximate surface area is 135 Å². The van der Waals surface area contributed by atoms with E-state index in [-0.39, 0.29) is 31.4 Å². The number of hydrogen-bond acceptors (Lipinski definition) is 5. The molecule has 0 aliphatic heterocycles. The maximum atomic E-state index is 11.7. The van der Waals surface area contributed by atoms with Gasteiger partial charge in [-0.1, -0.05) is 6.07 Å². The van der Waals surface area contributed by atoms with Gasteiger partial charge >= 0.3 is 6.09 Å². The van der Waals surface area contributed by atoms with E-state index in [2.05, 4.69) is 20.9 Å². The van der Waals surface area contributed by atoms with E-state index in [1.807, 2.05) is 0 Å². The van der Waals surface area contributed by atoms with E-state index >= 15 is 0 Å². The lowest BCUT2D eigenvalue weighted by atomic mass is 10.2. The summed E-state index contributed by atoms with van der Waals surface area (Å²) in [5.74, 6) is -0.685. The van der Waals surface area contributed by atoms with Crippen molar-refractivity contribution in [2.75, 3.05) is 19.6 Å². The fourth-order valence-corrected chi connectivity index (χ4v) is 1.49. The van der Waals surface area contributed by atoms with E-state index in [1.165, 1.54) is 6.20 Å². The number of carbonyl (C=O) groups is 3. The third kappa shape index (κ3) is 8.40. The van der Waals surface area contributed by atoms with Crippen LogP contribution in [0.15, 0.2) is 24.4 Å². The zero-order valence-corrected chi connectivity index (χ0v) is 13.5. The van der Waals surface area contributed by atoms with Crippen molar-refractivity contribution in [1.82, 2.24) is 20.9 Å². The number of nitrogens with one attached hydrogen (secondary N) is 3. The number of rotatable bonds is 6. The van der Waals surface area contributed by atoms with Crippen molar-refractivity contribution in [3.8, 4) is 0 Å². The number of amides is 3. The summed E-state index contributed by atoms with van der Waals surface area (Å²) in [7, 11) is 0. The molecule has 8 nitrogen and oxygen atoms in total. The molecule has 0 aliphatic carbocycles. The topological polar surface area (TPSA) is 109 Å². The first kappa shape index (κ1) is 18.4. The van der Waals surface area contributed by atoms with Crippen LogP contribution < -0.4 is 16.0 Å². The summed E-state index contributed by atoms with van der Waals surface area (Å²) in [5, 5.41) is 7.53. The monoisotopic (exact) mass is 322 g/mol. The van der Waals surface area contributed by atoms with Crippen molar-refractivity contribution in [3.05, 3.63) is 30.1 Å². The molecule has 0 aromatic carbocycles. The first-order chi connectivity index (χ1) is 10.8. The normalized spacial score (nSPS) is 10.6. The fourth-order valence-electron chi connectivity index (χ4n) is 1.49. The van der Waals surface area contributed by atoms with E-state index in [9.17, 15) is 14.4 Å². The highest BCUT2D eigenvalue weighted by molar-refractivity contribution is 5.92. The maximum Gasteiger partial charge on any atom is 0.408 e. The first-order valence-electron chi connectivity index (χ1n) is 7.21. The molecule has 8 heteroatoms. The van der Waals surface area contributed by atoms with Crippen molar-refractivity contribution in [2.45, 2.75) is 26.4 Å². The van der Waals surface area contributed by atoms with Crippen molar-refractivity contribution in [1.29, 1.82) is 0 Å². The molecule has 0 fully saturated rings. The largest absolute Gasteiger partial charge is 0.444 e. The van der Waals surface area contributed by atoms with Gasteiger partial charge in [-0.15, -0.1) is 0 Å². The molecule has 0 atom stereocenters. The molecular formula is C15H22N4O4. The quantitative estimate of drug-likeness (QED) is 0.659. The Morgan fingerprint density at radius 1 is 1.09 bits per heavy atom. The lowest BCUT2D eigenvalue weighted by Gasteiger charge is -2.19. The number of aromatic nitrogens is 1. The Kier molecular flexibility index (Phi) is 6.98. The summed E-state index contributed by atoms with van der Waals surface area (Å²) in [6, 6.07) is 5.03. The van der Waals surface area contributed by atoms with Gasteiger partial charge in [0.1, 0.15) is 11.3 Å². The van der Waals surface area contributed by atoms with Crippen LogP contribution in [0.3, 0.4) is 0 Å². The van der Waals surface area contributed by atoms with Gasteiger partial charge in [-0.2, -0.15) is 0 Å². The Balaban J connectivity index is 2.15. The molecule has 0 aliphatic rings. The summed E-state index contributed by atoms with van der Waals surface area (Å²) in [6.45, 7) is 5.51. The molecule has 1 heterocycles. The molecule has 0 radical (unpaired) electrons. The summed E-state index contributed by atoms with van der Waals surface area (Å²) in [5.41, 5.74) is -0.304. The van der Waals surface area contributed by atoms with Crippen LogP contribution >= 0.6 is 0 Å². The van der Waals surface area contributed by atoms with Crippen LogP contribution in [-0.2, 0) is 9.53 Å². The summed E-state index contributed by atoms with van der Waals surface area (Å²) in [4.78, 5) is 38.5. The summed E-state index contributed by atoms with van der Waals surface area (Å²) >= 11 is 0. The lowest BCUT2D eigenvalue weighted by Crippen LogP contribution is -2.42. The SMILES string of the molecule is CC(C)(C)OC(=O)NCC(=O)NCCNC(=O)c1ccccn1. The molecule has 0 bridgehead atoms. The minimum atomic E-state index is -0.656. The average Bonchev–Trinajstić information content (AvgIpc) is 2.48. The Morgan fingerprint density at radius 2 is 1.78 bits per heavy atom. The highest BCUT2D eigenvalue weighted by atomic mass is 16.6. The molecule has 0 saturated carbocycles. The second-order valence-electron chi connectivity index (χ2n) is 5.68. The first-order valence-corrected chi connectivity index (χ1v) is 7.21. The minimum absolute atomic E-state index is 0.191. The van der Waals surface area contributed by atoms with Crippen molar-refractivity contribution >= 4 is 17.9 Å². The third-order valence-corrected chi connectivity index (χ3v) is 2.42. The summed E-state index contributed by atoms with van der Waals surface area (Å²) in [6.07, 6.45) is 0.870. The van der Waals surface area contributed by atoms with Crippen LogP contribution in [0.4, 0.5) is 4.79 Å². The van der Waals surface area contributed by atoms with Crippen LogP contribution in [-0.4, -0.2) is 48.1 Å². The van der Waals surface area contributed by atoms with E-state index in [0.717, 1.165) is 0 Å². The number of alkyl carbamates (subject to hydrolysis) is 1. The lowest BCUT2D eigenvalue weighted by molar-refractivity contribution is -0.120. The Hall–Kier alpha value is -2.64. The van der Waals surface area contributed by atoms with Gasteiger partial charge < -0.3 is 20.7 Å². The molecule has 1 aromatic rings. The molecule has 0 unspecified atom stereocenters. The molecule has 1 rings (SSSR count). The van der Waals surface area contributed by atoms with Crippen LogP contribution in [0.1, 0.15) is 31.3 Å². The molecule has 126 valence electrons. The van der Waals surface area contributed by atoms with Crippen molar-refractivity contribution in [3.63, 3.8) is 0 Å². The van der Waals surface area contributed by atoms with Crippen LogP contribution in [0.25, 0.3) is 0 Å². The van der Waals surface area contributed by atoms with Crippen LogP contribution in [0.2, 0.25) is 0 Å². The van der Waals surface area contributed by atoms with E-state index < -0.39 is 11.7 Å². The predicted molar refractivity (Wildman–Crippen MR) is 83.8 cm³/mol. The van der Waals surface area contributed by atoms with E-state index in [1.54, 1.807) is 39.0 Å². The fraction of sp³-hybridized carbons (Fsp3) is 0.467. The Bertz CT molecular complexity index is 540. The Morgan fingerprint density at radius 3 is 2.39 bits per heavy atom. The van der Waals surface area contributed by atoms with Gasteiger partial charge in [0.05, 0.1) is 6.54 Å². The number of ether oxygens (including phenoxy) is 1. The summed E-state index contributed by atoms with van der Waals surface area (Å²) < 4.78 is 5.00. The van der Waals surface area contributed by atoms with Crippen LogP contribution in [0.5, 0.6) is 0 Å². The predicted octanol–water partition coefficient (Wildman–Crippen LogP) is 0.452. The third-order valence-electron chi connectivity index (χ3n) is 2.42. The molecule has 0 spiro atoms. The number of pyridine rings is 1. The molecule has 0 saturated heterocycles. The van der Waals surface area contributed by atoms with Gasteiger partial charge in [0.2, 0.25) is 5.91 Å². The average molecular weight is 322 g/mol. The highest BCUT2D eigenvalue weighted by Gasteiger charge is 2.16. The van der Waals surface area contributed by atoms with Gasteiger partial charge in [-0.3, -0.25) is 14.6 Å². The van der Waals surface area contributed by atoms with E-state index in [4.69, 9.17) is 4.74 Å². The van der Waals surface area contributed by atoms with E-state index in [0.29, 0.717) is 5.69 Å². The van der Waals surface area contributed by atoms with Gasteiger partial charge in [0, 0.05) is 19.3 Å². The maximum absolute atomic E-state index is 11.7. The van der Waals surface area contributed by atoms with Crippen molar-refractivity contribution in [2.24, 2.45) is 0 Å². The molecular weight excluding hydrogens is 300 g/mol. The highest BCUT2D eigenvalue weighted by Crippen LogP contribution is 2.05. The number of carbonyl (C=O) groups excluding carboxylic acids is 3. The number of nitrogens with zero attached hydrogens (tertiary/aromatic N) is 1. The second-order valence-corrected chi connectivity index (χ2v) is 5.68. The second kappa shape index (κ2) is 8.72. The molecule has 23 heavy (non-hydrogen) atoms. The zero-order chi connectivity index (χ0) is 17.3. The molecule has 1 aromatic heterocycles. The smallest absolute Gasteiger partial charge is 0.408 e. The van der Waals surface area contributed by atoms with Gasteiger partial charge in [0.25, 0.3) is 5.91 Å². The van der Waals surface area contributed by atoms with Gasteiger partial charge in [-0.25, -0.2) is 4.79 Å². The van der Waals surface area contributed by atoms with Gasteiger partial charge in [-0.05, 0) is 32.9 Å². The minimum Gasteiger partial charge on any atom is -0.444 e. The standard InChI is InChI=1S/C15H22N4O4/c1-15(2,3)23-14(22)19-10-12(20)17-8-9-18-13(21)11-6-4-5-7-16-11/h4-7H,8-10H2,1-3H3,(H,17,20)(H,18,21)(H,19,22). The zero-order valence-electron chi connectivity index (χ0n) is 13.5. The van der Waals surface area contributed by atoms with Gasteiger partial charge in [0.15, 0.2) is 0 Å². The molecule has 3 amide bonds. The van der Waals surface area contributed by atoms with Crippen molar-refractivity contribution < 1.29 is 19.1 Å². The molecule has 3 N–H and O–H groups in total. The number of hydrogen-bond donors (Lipinski definition) is 3. The van der Waals surface area contributed by atoms with Crippen LogP contribution in [0, 0.1) is 0 Å².